The van der Waals surface area contributed by atoms with Crippen molar-refractivity contribution >= 4 is 5.69 Å². The third-order valence-corrected chi connectivity index (χ3v) is 4.10. The lowest BCUT2D eigenvalue weighted by Crippen LogP contribution is -2.24. The maximum absolute atomic E-state index is 5.92. The smallest absolute Gasteiger partial charge is 0.142 e. The molecule has 3 nitrogen and oxygen atoms in total. The molecule has 0 aromatic heterocycles. The van der Waals surface area contributed by atoms with Crippen LogP contribution in [0, 0.1) is 0 Å². The Hall–Kier alpha value is -2.16. The van der Waals surface area contributed by atoms with Crippen molar-refractivity contribution in [1.82, 2.24) is 0 Å². The molecule has 0 saturated heterocycles. The van der Waals surface area contributed by atoms with E-state index in [1.807, 2.05) is 12.1 Å². The van der Waals surface area contributed by atoms with Crippen LogP contribution in [-0.4, -0.2) is 13.7 Å². The molecule has 0 aliphatic carbocycles. The number of benzene rings is 2. The molecule has 0 amide bonds. The van der Waals surface area contributed by atoms with Crippen LogP contribution in [0.2, 0.25) is 0 Å². The van der Waals surface area contributed by atoms with E-state index in [1.165, 1.54) is 11.1 Å². The first-order valence-corrected chi connectivity index (χ1v) is 7.65. The fraction of sp³-hybridized carbons (Fsp3) is 0.368. The standard InChI is InChI=1S/C19H23NO2/c1-19(2,3)14-7-10-18-16(11-14)20-17(12-22-18)13-5-8-15(21-4)9-6-13/h5-11,17,20H,12H2,1-4H3/t17-/m1/s1. The maximum atomic E-state index is 5.92. The predicted octanol–water partition coefficient (Wildman–Crippen LogP) is 4.54. The lowest BCUT2D eigenvalue weighted by Gasteiger charge is -2.30. The van der Waals surface area contributed by atoms with Crippen molar-refractivity contribution in [2.75, 3.05) is 19.0 Å². The zero-order chi connectivity index (χ0) is 15.7. The van der Waals surface area contributed by atoms with Crippen LogP contribution in [0.25, 0.3) is 0 Å². The van der Waals surface area contributed by atoms with Crippen molar-refractivity contribution in [3.05, 3.63) is 53.6 Å². The number of anilines is 1. The van der Waals surface area contributed by atoms with Crippen LogP contribution in [0.15, 0.2) is 42.5 Å². The van der Waals surface area contributed by atoms with Gasteiger partial charge in [0.05, 0.1) is 18.8 Å². The van der Waals surface area contributed by atoms with E-state index in [0.717, 1.165) is 17.2 Å². The van der Waals surface area contributed by atoms with E-state index in [4.69, 9.17) is 9.47 Å². The van der Waals surface area contributed by atoms with Gasteiger partial charge in [-0.3, -0.25) is 0 Å². The second-order valence-electron chi connectivity index (χ2n) is 6.74. The number of fused-ring (bicyclic) bond motifs is 1. The largest absolute Gasteiger partial charge is 0.497 e. The van der Waals surface area contributed by atoms with Gasteiger partial charge in [0.15, 0.2) is 0 Å². The zero-order valence-electron chi connectivity index (χ0n) is 13.6. The first-order valence-electron chi connectivity index (χ1n) is 7.65. The van der Waals surface area contributed by atoms with Crippen molar-refractivity contribution < 1.29 is 9.47 Å². The zero-order valence-corrected chi connectivity index (χ0v) is 13.6. The molecule has 0 bridgehead atoms. The molecule has 0 unspecified atom stereocenters. The summed E-state index contributed by atoms with van der Waals surface area (Å²) < 4.78 is 11.1. The molecule has 1 atom stereocenters. The van der Waals surface area contributed by atoms with Gasteiger partial charge in [-0.25, -0.2) is 0 Å². The van der Waals surface area contributed by atoms with E-state index in [0.29, 0.717) is 6.61 Å². The van der Waals surface area contributed by atoms with Gasteiger partial charge >= 0.3 is 0 Å². The highest BCUT2D eigenvalue weighted by molar-refractivity contribution is 5.61. The molecule has 1 aliphatic rings. The molecule has 1 heterocycles. The SMILES string of the molecule is COc1ccc([C@H]2COc3ccc(C(C)(C)C)cc3N2)cc1. The number of methoxy groups -OCH3 is 1. The summed E-state index contributed by atoms with van der Waals surface area (Å²) in [6, 6.07) is 14.7. The van der Waals surface area contributed by atoms with Crippen LogP contribution in [0.5, 0.6) is 11.5 Å². The highest BCUT2D eigenvalue weighted by atomic mass is 16.5. The fourth-order valence-corrected chi connectivity index (χ4v) is 2.65. The van der Waals surface area contributed by atoms with E-state index in [2.05, 4.69) is 56.4 Å². The van der Waals surface area contributed by atoms with Crippen LogP contribution >= 0.6 is 0 Å². The molecular formula is C19H23NO2. The molecule has 22 heavy (non-hydrogen) atoms. The topological polar surface area (TPSA) is 30.5 Å². The van der Waals surface area contributed by atoms with Crippen LogP contribution < -0.4 is 14.8 Å². The van der Waals surface area contributed by atoms with Gasteiger partial charge < -0.3 is 14.8 Å². The van der Waals surface area contributed by atoms with Gasteiger partial charge in [-0.2, -0.15) is 0 Å². The molecule has 0 spiro atoms. The molecule has 2 aromatic rings. The quantitative estimate of drug-likeness (QED) is 0.883. The molecule has 1 N–H and O–H groups in total. The summed E-state index contributed by atoms with van der Waals surface area (Å²) in [7, 11) is 1.68. The van der Waals surface area contributed by atoms with Gasteiger partial charge in [0.2, 0.25) is 0 Å². The van der Waals surface area contributed by atoms with Crippen molar-refractivity contribution in [2.24, 2.45) is 0 Å². The highest BCUT2D eigenvalue weighted by Gasteiger charge is 2.23. The van der Waals surface area contributed by atoms with Gasteiger partial charge in [0.1, 0.15) is 18.1 Å². The second-order valence-corrected chi connectivity index (χ2v) is 6.74. The van der Waals surface area contributed by atoms with Gasteiger partial charge in [-0.15, -0.1) is 0 Å². The lowest BCUT2D eigenvalue weighted by atomic mass is 9.86. The molecule has 116 valence electrons. The summed E-state index contributed by atoms with van der Waals surface area (Å²) >= 11 is 0. The average Bonchev–Trinajstić information content (AvgIpc) is 2.53. The van der Waals surface area contributed by atoms with Crippen LogP contribution in [-0.2, 0) is 5.41 Å². The van der Waals surface area contributed by atoms with E-state index in [1.54, 1.807) is 7.11 Å². The normalized spacial score (nSPS) is 17.2. The Kier molecular flexibility index (Phi) is 3.73. The van der Waals surface area contributed by atoms with Gasteiger partial charge in [-0.05, 0) is 40.8 Å². The molecule has 0 saturated carbocycles. The third kappa shape index (κ3) is 2.89. The summed E-state index contributed by atoms with van der Waals surface area (Å²) in [6.07, 6.45) is 0. The minimum Gasteiger partial charge on any atom is -0.497 e. The predicted molar refractivity (Wildman–Crippen MR) is 90.0 cm³/mol. The Labute approximate surface area is 132 Å². The van der Waals surface area contributed by atoms with Gasteiger partial charge in [0.25, 0.3) is 0 Å². The Morgan fingerprint density at radius 1 is 1.09 bits per heavy atom. The second kappa shape index (κ2) is 5.56. The Morgan fingerprint density at radius 2 is 1.82 bits per heavy atom. The average molecular weight is 297 g/mol. The summed E-state index contributed by atoms with van der Waals surface area (Å²) in [5.41, 5.74) is 3.70. The minimum absolute atomic E-state index is 0.129. The van der Waals surface area contributed by atoms with E-state index < -0.39 is 0 Å². The van der Waals surface area contributed by atoms with Crippen LogP contribution in [0.1, 0.15) is 37.9 Å². The van der Waals surface area contributed by atoms with Crippen LogP contribution in [0.4, 0.5) is 5.69 Å². The monoisotopic (exact) mass is 297 g/mol. The minimum atomic E-state index is 0.129. The molecule has 1 aliphatic heterocycles. The van der Waals surface area contributed by atoms with E-state index in [9.17, 15) is 0 Å². The summed E-state index contributed by atoms with van der Waals surface area (Å²) in [6.45, 7) is 7.30. The molecule has 0 radical (unpaired) electrons. The lowest BCUT2D eigenvalue weighted by molar-refractivity contribution is 0.286. The summed E-state index contributed by atoms with van der Waals surface area (Å²) in [4.78, 5) is 0. The maximum Gasteiger partial charge on any atom is 0.142 e. The first-order chi connectivity index (χ1) is 10.5. The molecular weight excluding hydrogens is 274 g/mol. The number of ether oxygens (including phenoxy) is 2. The Balaban J connectivity index is 1.85. The number of hydrogen-bond donors (Lipinski definition) is 1. The molecule has 3 rings (SSSR count). The summed E-state index contributed by atoms with van der Waals surface area (Å²) in [5.74, 6) is 1.80. The van der Waals surface area contributed by atoms with Crippen molar-refractivity contribution in [3.8, 4) is 11.5 Å². The van der Waals surface area contributed by atoms with Gasteiger partial charge in [0, 0.05) is 0 Å². The molecule has 3 heteroatoms. The number of rotatable bonds is 2. The molecule has 0 fully saturated rings. The highest BCUT2D eigenvalue weighted by Crippen LogP contribution is 2.37. The summed E-state index contributed by atoms with van der Waals surface area (Å²) in [5, 5.41) is 3.60. The molecule has 2 aromatic carbocycles. The number of hydrogen-bond acceptors (Lipinski definition) is 3. The Morgan fingerprint density at radius 3 is 2.45 bits per heavy atom. The first kappa shape index (κ1) is 14.8. The Bertz CT molecular complexity index is 656. The van der Waals surface area contributed by atoms with Crippen molar-refractivity contribution in [3.63, 3.8) is 0 Å². The van der Waals surface area contributed by atoms with Crippen LogP contribution in [0.3, 0.4) is 0 Å². The third-order valence-electron chi connectivity index (χ3n) is 4.10. The van der Waals surface area contributed by atoms with E-state index in [-0.39, 0.29) is 11.5 Å². The number of nitrogens with one attached hydrogen (secondary N) is 1. The van der Waals surface area contributed by atoms with Gasteiger partial charge in [-0.1, -0.05) is 39.0 Å². The van der Waals surface area contributed by atoms with Crippen molar-refractivity contribution in [1.29, 1.82) is 0 Å². The fourth-order valence-electron chi connectivity index (χ4n) is 2.65. The van der Waals surface area contributed by atoms with E-state index >= 15 is 0 Å². The van der Waals surface area contributed by atoms with Crippen molar-refractivity contribution in [2.45, 2.75) is 32.2 Å².